The predicted octanol–water partition coefficient (Wildman–Crippen LogP) is 3.98. The van der Waals surface area contributed by atoms with Crippen molar-refractivity contribution in [3.8, 4) is 0 Å². The van der Waals surface area contributed by atoms with Crippen LogP contribution in [0.2, 0.25) is 10.0 Å². The molecular formula is C19H21Cl2N3O2. The summed E-state index contributed by atoms with van der Waals surface area (Å²) in [6.45, 7) is 4.07. The van der Waals surface area contributed by atoms with Crippen molar-refractivity contribution in [3.05, 3.63) is 69.2 Å². The summed E-state index contributed by atoms with van der Waals surface area (Å²) in [6, 6.07) is 12.2. The molecule has 0 aliphatic carbocycles. The van der Waals surface area contributed by atoms with Gasteiger partial charge >= 0.3 is 6.03 Å². The van der Waals surface area contributed by atoms with Gasteiger partial charge in [-0.05, 0) is 37.1 Å². The third-order valence-electron chi connectivity index (χ3n) is 3.79. The number of urea groups is 1. The largest absolute Gasteiger partial charge is 0.348 e. The maximum Gasteiger partial charge on any atom is 0.315 e. The number of benzene rings is 2. The van der Waals surface area contributed by atoms with Crippen LogP contribution in [0.15, 0.2) is 42.5 Å². The summed E-state index contributed by atoms with van der Waals surface area (Å²) in [7, 11) is 0. The highest BCUT2D eigenvalue weighted by molar-refractivity contribution is 6.35. The maximum atomic E-state index is 12.0. The first-order chi connectivity index (χ1) is 12.3. The van der Waals surface area contributed by atoms with Crippen molar-refractivity contribution in [2.24, 2.45) is 0 Å². The number of halogens is 2. The fraction of sp³-hybridized carbons (Fsp3) is 0.263. The zero-order chi connectivity index (χ0) is 19.1. The van der Waals surface area contributed by atoms with E-state index in [9.17, 15) is 9.59 Å². The van der Waals surface area contributed by atoms with Gasteiger partial charge < -0.3 is 16.0 Å². The SMILES string of the molecule is Cc1ccc(CNC(=O)NCC(=O)NC(C)c2ccc(Cl)cc2Cl)cc1. The lowest BCUT2D eigenvalue weighted by atomic mass is 10.1. The van der Waals surface area contributed by atoms with E-state index in [4.69, 9.17) is 23.2 Å². The van der Waals surface area contributed by atoms with Gasteiger partial charge in [0.2, 0.25) is 5.91 Å². The molecule has 0 aliphatic rings. The molecule has 2 aromatic carbocycles. The van der Waals surface area contributed by atoms with Crippen LogP contribution in [0.25, 0.3) is 0 Å². The summed E-state index contributed by atoms with van der Waals surface area (Å²) in [5.41, 5.74) is 2.90. The second-order valence-electron chi connectivity index (χ2n) is 5.98. The fourth-order valence-corrected chi connectivity index (χ4v) is 2.91. The van der Waals surface area contributed by atoms with Crippen LogP contribution in [0.4, 0.5) is 4.79 Å². The molecule has 0 radical (unpaired) electrons. The first-order valence-corrected chi connectivity index (χ1v) is 8.92. The van der Waals surface area contributed by atoms with E-state index in [1.54, 1.807) is 18.2 Å². The van der Waals surface area contributed by atoms with Crippen LogP contribution in [0.5, 0.6) is 0 Å². The first kappa shape index (κ1) is 20.1. The van der Waals surface area contributed by atoms with Crippen molar-refractivity contribution in [1.82, 2.24) is 16.0 Å². The highest BCUT2D eigenvalue weighted by Gasteiger charge is 2.13. The molecule has 2 rings (SSSR count). The molecule has 138 valence electrons. The first-order valence-electron chi connectivity index (χ1n) is 8.16. The zero-order valence-electron chi connectivity index (χ0n) is 14.6. The van der Waals surface area contributed by atoms with Gasteiger partial charge in [-0.1, -0.05) is 59.1 Å². The highest BCUT2D eigenvalue weighted by atomic mass is 35.5. The molecule has 0 spiro atoms. The second kappa shape index (κ2) is 9.46. The van der Waals surface area contributed by atoms with Crippen molar-refractivity contribution < 1.29 is 9.59 Å². The quantitative estimate of drug-likeness (QED) is 0.694. The molecule has 0 heterocycles. The van der Waals surface area contributed by atoms with Crippen LogP contribution < -0.4 is 16.0 Å². The van der Waals surface area contributed by atoms with E-state index in [1.165, 1.54) is 0 Å². The molecule has 1 atom stereocenters. The lowest BCUT2D eigenvalue weighted by Crippen LogP contribution is -2.42. The average molecular weight is 394 g/mol. The van der Waals surface area contributed by atoms with Gasteiger partial charge in [-0.3, -0.25) is 4.79 Å². The molecule has 0 aliphatic heterocycles. The molecule has 5 nitrogen and oxygen atoms in total. The van der Waals surface area contributed by atoms with Crippen LogP contribution in [-0.4, -0.2) is 18.5 Å². The smallest absolute Gasteiger partial charge is 0.315 e. The number of hydrogen-bond donors (Lipinski definition) is 3. The van der Waals surface area contributed by atoms with Gasteiger partial charge in [0.25, 0.3) is 0 Å². The zero-order valence-corrected chi connectivity index (χ0v) is 16.1. The summed E-state index contributed by atoms with van der Waals surface area (Å²) in [6.07, 6.45) is 0. The number of carbonyl (C=O) groups is 2. The van der Waals surface area contributed by atoms with Crippen LogP contribution in [0.3, 0.4) is 0 Å². The third-order valence-corrected chi connectivity index (χ3v) is 4.35. The van der Waals surface area contributed by atoms with Crippen LogP contribution in [0, 0.1) is 6.92 Å². The monoisotopic (exact) mass is 393 g/mol. The van der Waals surface area contributed by atoms with Crippen LogP contribution in [0.1, 0.15) is 29.7 Å². The van der Waals surface area contributed by atoms with Gasteiger partial charge in [0.05, 0.1) is 12.6 Å². The van der Waals surface area contributed by atoms with Gasteiger partial charge in [0.1, 0.15) is 0 Å². The maximum absolute atomic E-state index is 12.0. The fourth-order valence-electron chi connectivity index (χ4n) is 2.33. The molecular weight excluding hydrogens is 373 g/mol. The van der Waals surface area contributed by atoms with E-state index in [1.807, 2.05) is 38.1 Å². The number of carbonyl (C=O) groups excluding carboxylic acids is 2. The third kappa shape index (κ3) is 6.24. The van der Waals surface area contributed by atoms with Crippen LogP contribution >= 0.6 is 23.2 Å². The molecule has 1 unspecified atom stereocenters. The minimum atomic E-state index is -0.405. The summed E-state index contributed by atoms with van der Waals surface area (Å²) in [5, 5.41) is 9.03. The Balaban J connectivity index is 1.75. The Labute approximate surface area is 163 Å². The molecule has 0 saturated heterocycles. The van der Waals surface area contributed by atoms with Gasteiger partial charge in [0, 0.05) is 16.6 Å². The molecule has 3 N–H and O–H groups in total. The Hall–Kier alpha value is -2.24. The molecule has 0 fully saturated rings. The highest BCUT2D eigenvalue weighted by Crippen LogP contribution is 2.25. The number of rotatable bonds is 6. The van der Waals surface area contributed by atoms with E-state index >= 15 is 0 Å². The molecule has 0 bridgehead atoms. The summed E-state index contributed by atoms with van der Waals surface area (Å²) in [5.74, 6) is -0.311. The lowest BCUT2D eigenvalue weighted by Gasteiger charge is -2.16. The minimum absolute atomic E-state index is 0.130. The molecule has 0 saturated carbocycles. The Morgan fingerprint density at radius 1 is 1.04 bits per heavy atom. The number of amides is 3. The van der Waals surface area contributed by atoms with Crippen molar-refractivity contribution in [2.45, 2.75) is 26.4 Å². The lowest BCUT2D eigenvalue weighted by molar-refractivity contribution is -0.120. The van der Waals surface area contributed by atoms with Gasteiger partial charge in [-0.2, -0.15) is 0 Å². The standard InChI is InChI=1S/C19H21Cl2N3O2/c1-12-3-5-14(6-4-12)10-22-19(26)23-11-18(25)24-13(2)16-8-7-15(20)9-17(16)21/h3-9,13H,10-11H2,1-2H3,(H,24,25)(H2,22,23,26). The number of hydrogen-bond acceptors (Lipinski definition) is 2. The van der Waals surface area contributed by atoms with Crippen LogP contribution in [-0.2, 0) is 11.3 Å². The topological polar surface area (TPSA) is 70.2 Å². The van der Waals surface area contributed by atoms with Crippen molar-refractivity contribution >= 4 is 35.1 Å². The Bertz CT molecular complexity index is 779. The van der Waals surface area contributed by atoms with Gasteiger partial charge in [-0.25, -0.2) is 4.79 Å². The van der Waals surface area contributed by atoms with E-state index in [0.717, 1.165) is 16.7 Å². The number of nitrogens with one attached hydrogen (secondary N) is 3. The molecule has 3 amide bonds. The summed E-state index contributed by atoms with van der Waals surface area (Å²) in [4.78, 5) is 23.8. The molecule has 7 heteroatoms. The van der Waals surface area contributed by atoms with Crippen molar-refractivity contribution in [3.63, 3.8) is 0 Å². The Kier molecular flexibility index (Phi) is 7.30. The number of aryl methyl sites for hydroxylation is 1. The van der Waals surface area contributed by atoms with Gasteiger partial charge in [-0.15, -0.1) is 0 Å². The normalized spacial score (nSPS) is 11.5. The average Bonchev–Trinajstić information content (AvgIpc) is 2.59. The van der Waals surface area contributed by atoms with Crippen molar-refractivity contribution in [2.75, 3.05) is 6.54 Å². The summed E-state index contributed by atoms with van der Waals surface area (Å²) < 4.78 is 0. The Morgan fingerprint density at radius 2 is 1.73 bits per heavy atom. The predicted molar refractivity (Wildman–Crippen MR) is 104 cm³/mol. The van der Waals surface area contributed by atoms with E-state index in [2.05, 4.69) is 16.0 Å². The van der Waals surface area contributed by atoms with Gasteiger partial charge in [0.15, 0.2) is 0 Å². The molecule has 26 heavy (non-hydrogen) atoms. The second-order valence-corrected chi connectivity index (χ2v) is 6.82. The summed E-state index contributed by atoms with van der Waals surface area (Å²) >= 11 is 12.0. The van der Waals surface area contributed by atoms with E-state index in [0.29, 0.717) is 16.6 Å². The minimum Gasteiger partial charge on any atom is -0.348 e. The van der Waals surface area contributed by atoms with E-state index in [-0.39, 0.29) is 18.5 Å². The molecule has 2 aromatic rings. The molecule has 0 aromatic heterocycles. The van der Waals surface area contributed by atoms with Crippen molar-refractivity contribution in [1.29, 1.82) is 0 Å². The Morgan fingerprint density at radius 3 is 2.38 bits per heavy atom. The van der Waals surface area contributed by atoms with E-state index < -0.39 is 6.03 Å².